The molecule has 1 heterocycles. The van der Waals surface area contributed by atoms with E-state index < -0.39 is 10.0 Å². The molecule has 0 spiro atoms. The quantitative estimate of drug-likeness (QED) is 0.793. The molecule has 3 atom stereocenters. The highest BCUT2D eigenvalue weighted by atomic mass is 79.9. The molecule has 3 unspecified atom stereocenters. The van der Waals surface area contributed by atoms with Crippen LogP contribution in [0.5, 0.6) is 0 Å². The maximum absolute atomic E-state index is 13.0. The van der Waals surface area contributed by atoms with E-state index in [2.05, 4.69) is 15.9 Å². The fourth-order valence-electron chi connectivity index (χ4n) is 3.97. The van der Waals surface area contributed by atoms with E-state index in [1.54, 1.807) is 16.4 Å². The van der Waals surface area contributed by atoms with Gasteiger partial charge in [-0.05, 0) is 59.7 Å². The number of rotatable bonds is 2. The first kappa shape index (κ1) is 18.1. The third-order valence-corrected chi connectivity index (χ3v) is 7.61. The molecule has 2 fully saturated rings. The topological polar surface area (TPSA) is 63.4 Å². The van der Waals surface area contributed by atoms with Crippen LogP contribution < -0.4 is 5.73 Å². The molecule has 1 aliphatic heterocycles. The van der Waals surface area contributed by atoms with Crippen molar-refractivity contribution in [2.24, 2.45) is 17.6 Å². The Morgan fingerprint density at radius 3 is 2.50 bits per heavy atom. The van der Waals surface area contributed by atoms with Gasteiger partial charge in [-0.25, -0.2) is 8.42 Å². The van der Waals surface area contributed by atoms with Crippen LogP contribution in [0.15, 0.2) is 45.8 Å². The van der Waals surface area contributed by atoms with Gasteiger partial charge in [0.25, 0.3) is 0 Å². The molecule has 0 amide bonds. The van der Waals surface area contributed by atoms with Gasteiger partial charge in [0.15, 0.2) is 0 Å². The van der Waals surface area contributed by atoms with Gasteiger partial charge in [0, 0.05) is 23.6 Å². The van der Waals surface area contributed by atoms with Crippen molar-refractivity contribution in [2.75, 3.05) is 13.1 Å². The summed E-state index contributed by atoms with van der Waals surface area (Å²) >= 11 is 3.44. The molecule has 24 heavy (non-hydrogen) atoms. The number of benzene rings is 2. The van der Waals surface area contributed by atoms with Gasteiger partial charge < -0.3 is 5.73 Å². The van der Waals surface area contributed by atoms with Gasteiger partial charge in [-0.15, -0.1) is 12.4 Å². The first-order valence-corrected chi connectivity index (χ1v) is 10.1. The largest absolute Gasteiger partial charge is 0.327 e. The molecule has 2 aromatic rings. The normalized spacial score (nSPS) is 27.2. The summed E-state index contributed by atoms with van der Waals surface area (Å²) in [6.45, 7) is 1.17. The molecule has 4 rings (SSSR count). The van der Waals surface area contributed by atoms with Crippen LogP contribution in [0.4, 0.5) is 0 Å². The maximum Gasteiger partial charge on any atom is 0.243 e. The average molecular weight is 432 g/mol. The fraction of sp³-hybridized carbons (Fsp3) is 0.412. The van der Waals surface area contributed by atoms with E-state index >= 15 is 0 Å². The summed E-state index contributed by atoms with van der Waals surface area (Å²) in [6, 6.07) is 11.4. The molecule has 4 nitrogen and oxygen atoms in total. The lowest BCUT2D eigenvalue weighted by atomic mass is 9.98. The van der Waals surface area contributed by atoms with Crippen molar-refractivity contribution in [3.63, 3.8) is 0 Å². The third-order valence-electron chi connectivity index (χ3n) is 5.29. The SMILES string of the molecule is Cl.NC1CCC2CN(S(=O)(=O)c3ccc4cc(Br)ccc4c3)CC12. The molecule has 130 valence electrons. The molecule has 1 saturated carbocycles. The second-order valence-electron chi connectivity index (χ2n) is 6.64. The van der Waals surface area contributed by atoms with Crippen LogP contribution in [-0.2, 0) is 10.0 Å². The molecule has 2 aliphatic rings. The summed E-state index contributed by atoms with van der Waals surface area (Å²) in [4.78, 5) is 0.376. The molecule has 7 heteroatoms. The molecule has 1 saturated heterocycles. The van der Waals surface area contributed by atoms with Gasteiger partial charge in [-0.1, -0.05) is 28.1 Å². The molecule has 2 aromatic carbocycles. The van der Waals surface area contributed by atoms with E-state index in [0.29, 0.717) is 29.8 Å². The Bertz CT molecular complexity index is 874. The second kappa shape index (κ2) is 6.57. The lowest BCUT2D eigenvalue weighted by molar-refractivity contribution is 0.427. The van der Waals surface area contributed by atoms with Crippen LogP contribution in [0.2, 0.25) is 0 Å². The van der Waals surface area contributed by atoms with Crippen molar-refractivity contribution in [3.8, 4) is 0 Å². The molecule has 1 aliphatic carbocycles. The lowest BCUT2D eigenvalue weighted by Crippen LogP contribution is -2.33. The van der Waals surface area contributed by atoms with E-state index in [1.165, 1.54) is 0 Å². The predicted molar refractivity (Wildman–Crippen MR) is 102 cm³/mol. The Balaban J connectivity index is 0.00000169. The zero-order valence-electron chi connectivity index (χ0n) is 13.1. The van der Waals surface area contributed by atoms with E-state index in [0.717, 1.165) is 28.1 Å². The van der Waals surface area contributed by atoms with Crippen molar-refractivity contribution in [3.05, 3.63) is 40.9 Å². The smallest absolute Gasteiger partial charge is 0.243 e. The van der Waals surface area contributed by atoms with Crippen molar-refractivity contribution >= 4 is 49.1 Å². The summed E-state index contributed by atoms with van der Waals surface area (Å²) in [5, 5.41) is 1.96. The standard InChI is InChI=1S/C17H19BrN2O2S.ClH/c18-14-4-1-12-8-15(5-2-11(12)7-14)23(21,22)20-9-13-3-6-17(19)16(13)10-20;/h1-2,4-5,7-8,13,16-17H,3,6,9-10,19H2;1H. The van der Waals surface area contributed by atoms with Crippen LogP contribution in [0, 0.1) is 11.8 Å². The highest BCUT2D eigenvalue weighted by Crippen LogP contribution is 2.39. The minimum atomic E-state index is -3.44. The third kappa shape index (κ3) is 2.99. The number of nitrogens with two attached hydrogens (primary N) is 1. The van der Waals surface area contributed by atoms with Crippen molar-refractivity contribution in [1.29, 1.82) is 0 Å². The molecule has 0 bridgehead atoms. The van der Waals surface area contributed by atoms with E-state index in [1.807, 2.05) is 24.3 Å². The van der Waals surface area contributed by atoms with E-state index in [-0.39, 0.29) is 18.4 Å². The minimum absolute atomic E-state index is 0. The fourth-order valence-corrected chi connectivity index (χ4v) is 5.92. The van der Waals surface area contributed by atoms with Crippen LogP contribution >= 0.6 is 28.3 Å². The molecule has 2 N–H and O–H groups in total. The number of fused-ring (bicyclic) bond motifs is 2. The van der Waals surface area contributed by atoms with Crippen molar-refractivity contribution < 1.29 is 8.42 Å². The zero-order chi connectivity index (χ0) is 16.2. The number of nitrogens with zero attached hydrogens (tertiary/aromatic N) is 1. The van der Waals surface area contributed by atoms with Gasteiger partial charge >= 0.3 is 0 Å². The van der Waals surface area contributed by atoms with E-state index in [4.69, 9.17) is 5.73 Å². The Labute approximate surface area is 157 Å². The number of sulfonamides is 1. The maximum atomic E-state index is 13.0. The van der Waals surface area contributed by atoms with Crippen LogP contribution in [0.3, 0.4) is 0 Å². The van der Waals surface area contributed by atoms with Gasteiger partial charge in [0.05, 0.1) is 4.90 Å². The van der Waals surface area contributed by atoms with E-state index in [9.17, 15) is 8.42 Å². The number of halogens is 2. The Morgan fingerprint density at radius 2 is 1.75 bits per heavy atom. The summed E-state index contributed by atoms with van der Waals surface area (Å²) in [5.41, 5.74) is 6.13. The second-order valence-corrected chi connectivity index (χ2v) is 9.49. The van der Waals surface area contributed by atoms with Crippen molar-refractivity contribution in [2.45, 2.75) is 23.8 Å². The summed E-state index contributed by atoms with van der Waals surface area (Å²) in [5.74, 6) is 0.748. The summed E-state index contributed by atoms with van der Waals surface area (Å²) in [7, 11) is -3.44. The predicted octanol–water partition coefficient (Wildman–Crippen LogP) is 3.38. The lowest BCUT2D eigenvalue weighted by Gasteiger charge is -2.19. The Hall–Kier alpha value is -0.660. The molecule has 0 radical (unpaired) electrons. The minimum Gasteiger partial charge on any atom is -0.327 e. The van der Waals surface area contributed by atoms with Gasteiger partial charge in [-0.2, -0.15) is 4.31 Å². The van der Waals surface area contributed by atoms with Crippen LogP contribution in [0.25, 0.3) is 10.8 Å². The first-order valence-electron chi connectivity index (χ1n) is 7.90. The van der Waals surface area contributed by atoms with Gasteiger partial charge in [-0.3, -0.25) is 0 Å². The van der Waals surface area contributed by atoms with Crippen LogP contribution in [-0.4, -0.2) is 31.9 Å². The van der Waals surface area contributed by atoms with Gasteiger partial charge in [0.1, 0.15) is 0 Å². The highest BCUT2D eigenvalue weighted by molar-refractivity contribution is 9.10. The zero-order valence-corrected chi connectivity index (χ0v) is 16.3. The summed E-state index contributed by atoms with van der Waals surface area (Å²) in [6.07, 6.45) is 2.07. The van der Waals surface area contributed by atoms with Crippen LogP contribution in [0.1, 0.15) is 12.8 Å². The monoisotopic (exact) mass is 430 g/mol. The first-order chi connectivity index (χ1) is 10.9. The van der Waals surface area contributed by atoms with Crippen molar-refractivity contribution in [1.82, 2.24) is 4.31 Å². The number of hydrogen-bond donors (Lipinski definition) is 1. The average Bonchev–Trinajstić information content (AvgIpc) is 3.09. The molecular formula is C17H20BrClN2O2S. The summed E-state index contributed by atoms with van der Waals surface area (Å²) < 4.78 is 28.5. The number of hydrogen-bond acceptors (Lipinski definition) is 3. The molecule has 0 aromatic heterocycles. The van der Waals surface area contributed by atoms with Gasteiger partial charge in [0.2, 0.25) is 10.0 Å². The molecular weight excluding hydrogens is 412 g/mol. The Morgan fingerprint density at radius 1 is 1.04 bits per heavy atom. The Kier molecular flexibility index (Phi) is 4.97. The highest BCUT2D eigenvalue weighted by Gasteiger charge is 2.45.